The van der Waals surface area contributed by atoms with E-state index in [1.54, 1.807) is 44.2 Å². The first-order chi connectivity index (χ1) is 15.0. The second kappa shape index (κ2) is 10.9. The van der Waals surface area contributed by atoms with E-state index in [1.165, 1.54) is 6.08 Å². The molecular weight excluding hydrogens is 436 g/mol. The molecule has 7 nitrogen and oxygen atoms in total. The van der Waals surface area contributed by atoms with Crippen molar-refractivity contribution in [1.82, 2.24) is 20.1 Å². The highest BCUT2D eigenvalue weighted by Crippen LogP contribution is 2.28. The number of amides is 1. The lowest BCUT2D eigenvalue weighted by Crippen LogP contribution is -2.22. The number of methoxy groups -OCH3 is 2. The molecule has 0 unspecified atom stereocenters. The van der Waals surface area contributed by atoms with Crippen molar-refractivity contribution in [2.75, 3.05) is 14.2 Å². The minimum Gasteiger partial charge on any atom is -0.493 e. The smallest absolute Gasteiger partial charge is 0.244 e. The summed E-state index contributed by atoms with van der Waals surface area (Å²) >= 11 is 7.49. The molecule has 1 aromatic heterocycles. The SMILES string of the molecule is COc1ccc(/C=C/C(=O)NCc2nnc(SCc3ccc(Cl)cc3)n2C)cc1OC. The average Bonchev–Trinajstić information content (AvgIpc) is 3.14. The Balaban J connectivity index is 1.53. The molecule has 0 saturated carbocycles. The third-order valence-electron chi connectivity index (χ3n) is 4.46. The van der Waals surface area contributed by atoms with E-state index in [0.29, 0.717) is 22.3 Å². The maximum Gasteiger partial charge on any atom is 0.244 e. The van der Waals surface area contributed by atoms with Gasteiger partial charge in [-0.05, 0) is 41.5 Å². The van der Waals surface area contributed by atoms with Crippen molar-refractivity contribution in [3.63, 3.8) is 0 Å². The molecule has 31 heavy (non-hydrogen) atoms. The quantitative estimate of drug-likeness (QED) is 0.384. The number of nitrogens with zero attached hydrogens (tertiary/aromatic N) is 3. The first-order valence-electron chi connectivity index (χ1n) is 9.43. The number of thioether (sulfide) groups is 1. The fraction of sp³-hybridized carbons (Fsp3) is 0.227. The van der Waals surface area contributed by atoms with E-state index in [4.69, 9.17) is 21.1 Å². The summed E-state index contributed by atoms with van der Waals surface area (Å²) in [4.78, 5) is 12.2. The topological polar surface area (TPSA) is 78.3 Å². The lowest BCUT2D eigenvalue weighted by Gasteiger charge is -2.07. The van der Waals surface area contributed by atoms with Crippen LogP contribution in [0.2, 0.25) is 5.02 Å². The Labute approximate surface area is 190 Å². The number of aromatic nitrogens is 3. The number of nitrogens with one attached hydrogen (secondary N) is 1. The molecule has 0 radical (unpaired) electrons. The molecule has 1 N–H and O–H groups in total. The maximum atomic E-state index is 12.2. The third-order valence-corrected chi connectivity index (χ3v) is 5.81. The summed E-state index contributed by atoms with van der Waals surface area (Å²) in [5.41, 5.74) is 1.97. The number of halogens is 1. The summed E-state index contributed by atoms with van der Waals surface area (Å²) in [5, 5.41) is 12.7. The summed E-state index contributed by atoms with van der Waals surface area (Å²) in [5.74, 6) is 2.44. The number of carbonyl (C=O) groups excluding carboxylic acids is 1. The van der Waals surface area contributed by atoms with E-state index in [1.807, 2.05) is 41.9 Å². The summed E-state index contributed by atoms with van der Waals surface area (Å²) in [6.07, 6.45) is 3.18. The molecule has 0 fully saturated rings. The molecule has 0 aliphatic heterocycles. The second-order valence-electron chi connectivity index (χ2n) is 6.54. The highest BCUT2D eigenvalue weighted by Gasteiger charge is 2.10. The van der Waals surface area contributed by atoms with E-state index < -0.39 is 0 Å². The van der Waals surface area contributed by atoms with Crippen molar-refractivity contribution in [3.8, 4) is 11.5 Å². The summed E-state index contributed by atoms with van der Waals surface area (Å²) in [6, 6.07) is 13.1. The standard InChI is InChI=1S/C22H23ClN4O3S/c1-27-20(25-26-22(27)31-14-16-4-8-17(23)9-5-16)13-24-21(28)11-7-15-6-10-18(29-2)19(12-15)30-3/h4-12H,13-14H2,1-3H3,(H,24,28)/b11-7+. The fourth-order valence-electron chi connectivity index (χ4n) is 2.71. The van der Waals surface area contributed by atoms with Crippen LogP contribution < -0.4 is 14.8 Å². The highest BCUT2D eigenvalue weighted by molar-refractivity contribution is 7.98. The average molecular weight is 459 g/mol. The van der Waals surface area contributed by atoms with Gasteiger partial charge in [-0.3, -0.25) is 4.79 Å². The molecule has 162 valence electrons. The molecule has 2 aromatic carbocycles. The van der Waals surface area contributed by atoms with Crippen molar-refractivity contribution in [2.45, 2.75) is 17.5 Å². The molecule has 0 aliphatic carbocycles. The first kappa shape index (κ1) is 22.7. The van der Waals surface area contributed by atoms with E-state index in [9.17, 15) is 4.79 Å². The van der Waals surface area contributed by atoms with Gasteiger partial charge < -0.3 is 19.4 Å². The van der Waals surface area contributed by atoms with Gasteiger partial charge in [0.15, 0.2) is 22.5 Å². The largest absolute Gasteiger partial charge is 0.493 e. The van der Waals surface area contributed by atoms with Gasteiger partial charge in [-0.15, -0.1) is 10.2 Å². The van der Waals surface area contributed by atoms with Crippen LogP contribution in [0.15, 0.2) is 53.7 Å². The Morgan fingerprint density at radius 3 is 2.58 bits per heavy atom. The van der Waals surface area contributed by atoms with E-state index in [0.717, 1.165) is 22.0 Å². The highest BCUT2D eigenvalue weighted by atomic mass is 35.5. The van der Waals surface area contributed by atoms with Gasteiger partial charge in [-0.1, -0.05) is 41.6 Å². The Hall–Kier alpha value is -2.97. The summed E-state index contributed by atoms with van der Waals surface area (Å²) in [6.45, 7) is 0.278. The molecule has 1 heterocycles. The van der Waals surface area contributed by atoms with E-state index in [2.05, 4.69) is 15.5 Å². The zero-order valence-electron chi connectivity index (χ0n) is 17.5. The number of hydrogen-bond acceptors (Lipinski definition) is 6. The molecule has 0 aliphatic rings. The Kier molecular flexibility index (Phi) is 7.97. The maximum absolute atomic E-state index is 12.2. The van der Waals surface area contributed by atoms with Gasteiger partial charge in [0.1, 0.15) is 0 Å². The predicted molar refractivity (Wildman–Crippen MR) is 122 cm³/mol. The van der Waals surface area contributed by atoms with E-state index >= 15 is 0 Å². The van der Waals surface area contributed by atoms with Crippen LogP contribution in [0.4, 0.5) is 0 Å². The van der Waals surface area contributed by atoms with Crippen molar-refractivity contribution in [3.05, 3.63) is 70.5 Å². The number of benzene rings is 2. The molecule has 0 atom stereocenters. The van der Waals surface area contributed by atoms with Crippen LogP contribution in [-0.4, -0.2) is 34.9 Å². The summed E-state index contributed by atoms with van der Waals surface area (Å²) < 4.78 is 12.4. The zero-order valence-corrected chi connectivity index (χ0v) is 19.0. The van der Waals surface area contributed by atoms with Gasteiger partial charge in [0, 0.05) is 23.9 Å². The van der Waals surface area contributed by atoms with Crippen molar-refractivity contribution < 1.29 is 14.3 Å². The van der Waals surface area contributed by atoms with Crippen LogP contribution in [0, 0.1) is 0 Å². The molecule has 1 amide bonds. The number of rotatable bonds is 9. The Morgan fingerprint density at radius 2 is 1.87 bits per heavy atom. The predicted octanol–water partition coefficient (Wildman–Crippen LogP) is 4.11. The van der Waals surface area contributed by atoms with Crippen LogP contribution in [0.25, 0.3) is 6.08 Å². The van der Waals surface area contributed by atoms with Gasteiger partial charge in [0.2, 0.25) is 5.91 Å². The van der Waals surface area contributed by atoms with Crippen LogP contribution in [0.1, 0.15) is 17.0 Å². The molecule has 0 saturated heterocycles. The van der Waals surface area contributed by atoms with Gasteiger partial charge in [-0.2, -0.15) is 0 Å². The van der Waals surface area contributed by atoms with Gasteiger partial charge in [0.25, 0.3) is 0 Å². The zero-order chi connectivity index (χ0) is 22.2. The van der Waals surface area contributed by atoms with Gasteiger partial charge >= 0.3 is 0 Å². The Bertz CT molecular complexity index is 1070. The molecule has 0 spiro atoms. The van der Waals surface area contributed by atoms with Crippen LogP contribution in [0.5, 0.6) is 11.5 Å². The molecule has 9 heteroatoms. The minimum atomic E-state index is -0.229. The van der Waals surface area contributed by atoms with Gasteiger partial charge in [-0.25, -0.2) is 0 Å². The number of carbonyl (C=O) groups is 1. The Morgan fingerprint density at radius 1 is 1.13 bits per heavy atom. The fourth-order valence-corrected chi connectivity index (χ4v) is 3.72. The lowest BCUT2D eigenvalue weighted by atomic mass is 10.2. The van der Waals surface area contributed by atoms with Crippen LogP contribution in [-0.2, 0) is 24.1 Å². The molecule has 3 rings (SSSR count). The number of ether oxygens (including phenoxy) is 2. The minimum absolute atomic E-state index is 0.229. The number of hydrogen-bond donors (Lipinski definition) is 1. The lowest BCUT2D eigenvalue weighted by molar-refractivity contribution is -0.116. The molecule has 0 bridgehead atoms. The monoisotopic (exact) mass is 458 g/mol. The summed E-state index contributed by atoms with van der Waals surface area (Å²) in [7, 11) is 5.03. The van der Waals surface area contributed by atoms with Crippen molar-refractivity contribution >= 4 is 35.3 Å². The first-order valence-corrected chi connectivity index (χ1v) is 10.8. The van der Waals surface area contributed by atoms with Crippen molar-refractivity contribution in [1.29, 1.82) is 0 Å². The van der Waals surface area contributed by atoms with Crippen molar-refractivity contribution in [2.24, 2.45) is 7.05 Å². The van der Waals surface area contributed by atoms with Crippen LogP contribution >= 0.6 is 23.4 Å². The normalized spacial score (nSPS) is 11.0. The third kappa shape index (κ3) is 6.26. The second-order valence-corrected chi connectivity index (χ2v) is 7.92. The van der Waals surface area contributed by atoms with Gasteiger partial charge in [0.05, 0.1) is 20.8 Å². The van der Waals surface area contributed by atoms with Crippen LogP contribution in [0.3, 0.4) is 0 Å². The molecular formula is C22H23ClN4O3S. The van der Waals surface area contributed by atoms with E-state index in [-0.39, 0.29) is 12.5 Å². The molecule has 3 aromatic rings.